The molecule has 0 aliphatic carbocycles. The first-order valence-electron chi connectivity index (χ1n) is 7.94. The number of nitrogens with zero attached hydrogens (tertiary/aromatic N) is 1. The second-order valence-corrected chi connectivity index (χ2v) is 6.15. The minimum Gasteiger partial charge on any atom is -0.335 e. The van der Waals surface area contributed by atoms with Crippen LogP contribution in [0.15, 0.2) is 48.5 Å². The van der Waals surface area contributed by atoms with Gasteiger partial charge in [-0.15, -0.1) is 0 Å². The van der Waals surface area contributed by atoms with Gasteiger partial charge in [0.25, 0.3) is 0 Å². The van der Waals surface area contributed by atoms with Crippen LogP contribution in [0.5, 0.6) is 0 Å². The summed E-state index contributed by atoms with van der Waals surface area (Å²) in [4.78, 5) is 14.3. The highest BCUT2D eigenvalue weighted by molar-refractivity contribution is 6.30. The number of benzene rings is 2. The Morgan fingerprint density at radius 3 is 2.21 bits per heavy atom. The molecule has 1 unspecified atom stereocenters. The predicted molar refractivity (Wildman–Crippen MR) is 95.6 cm³/mol. The summed E-state index contributed by atoms with van der Waals surface area (Å²) >= 11 is 5.97. The van der Waals surface area contributed by atoms with Crippen LogP contribution in [0.3, 0.4) is 0 Å². The van der Waals surface area contributed by atoms with Crippen molar-refractivity contribution in [1.82, 2.24) is 10.2 Å². The molecule has 1 amide bonds. The van der Waals surface area contributed by atoms with E-state index in [1.807, 2.05) is 19.2 Å². The molecule has 1 N–H and O–H groups in total. The van der Waals surface area contributed by atoms with Crippen molar-refractivity contribution >= 4 is 17.5 Å². The molecule has 2 aromatic carbocycles. The summed E-state index contributed by atoms with van der Waals surface area (Å²) in [6, 6.07) is 13.4. The van der Waals surface area contributed by atoms with E-state index in [4.69, 9.17) is 11.6 Å². The minimum atomic E-state index is -0.295. The number of carbonyl (C=O) groups is 1. The third kappa shape index (κ3) is 4.79. The van der Waals surface area contributed by atoms with Gasteiger partial charge in [0.15, 0.2) is 0 Å². The van der Waals surface area contributed by atoms with Crippen LogP contribution in [0.25, 0.3) is 0 Å². The van der Waals surface area contributed by atoms with Gasteiger partial charge < -0.3 is 10.2 Å². The van der Waals surface area contributed by atoms with Crippen molar-refractivity contribution in [3.05, 3.63) is 70.5 Å². The third-order valence-corrected chi connectivity index (χ3v) is 4.22. The van der Waals surface area contributed by atoms with Gasteiger partial charge in [-0.2, -0.15) is 0 Å². The lowest BCUT2D eigenvalue weighted by atomic mass is 9.97. The highest BCUT2D eigenvalue weighted by Gasteiger charge is 2.23. The fraction of sp³-hybridized carbons (Fsp3) is 0.316. The van der Waals surface area contributed by atoms with Gasteiger partial charge in [0, 0.05) is 18.5 Å². The maximum atomic E-state index is 13.3. The van der Waals surface area contributed by atoms with Crippen molar-refractivity contribution in [1.29, 1.82) is 0 Å². The molecule has 0 saturated heterocycles. The summed E-state index contributed by atoms with van der Waals surface area (Å²) < 4.78 is 13.3. The molecule has 128 valence electrons. The predicted octanol–water partition coefficient (Wildman–Crippen LogP) is 4.03. The molecule has 0 heterocycles. The average Bonchev–Trinajstić information content (AvgIpc) is 2.58. The summed E-state index contributed by atoms with van der Waals surface area (Å²) in [6.45, 7) is 0.793. The highest BCUT2D eigenvalue weighted by Crippen LogP contribution is 2.29. The number of hydrogen-bond donors (Lipinski definition) is 1. The van der Waals surface area contributed by atoms with E-state index in [-0.39, 0.29) is 17.8 Å². The van der Waals surface area contributed by atoms with E-state index in [1.54, 1.807) is 36.2 Å². The van der Waals surface area contributed by atoms with E-state index >= 15 is 0 Å². The van der Waals surface area contributed by atoms with Gasteiger partial charge in [-0.3, -0.25) is 4.79 Å². The molecule has 0 saturated carbocycles. The second kappa shape index (κ2) is 8.81. The van der Waals surface area contributed by atoms with Crippen LogP contribution in [0.2, 0.25) is 5.02 Å². The molecule has 0 fully saturated rings. The van der Waals surface area contributed by atoms with Gasteiger partial charge in [-0.25, -0.2) is 4.39 Å². The van der Waals surface area contributed by atoms with Crippen LogP contribution < -0.4 is 5.32 Å². The largest absolute Gasteiger partial charge is 0.335 e. The zero-order chi connectivity index (χ0) is 17.5. The molecule has 5 heteroatoms. The minimum absolute atomic E-state index is 0.0505. The molecule has 0 spiro atoms. The zero-order valence-electron chi connectivity index (χ0n) is 13.9. The second-order valence-electron chi connectivity index (χ2n) is 5.72. The number of rotatable bonds is 7. The lowest BCUT2D eigenvalue weighted by molar-refractivity contribution is -0.131. The number of amides is 1. The maximum Gasteiger partial charge on any atom is 0.223 e. The molecule has 1 atom stereocenters. The smallest absolute Gasteiger partial charge is 0.223 e. The molecule has 3 nitrogen and oxygen atoms in total. The van der Waals surface area contributed by atoms with Crippen molar-refractivity contribution in [3.63, 3.8) is 0 Å². The van der Waals surface area contributed by atoms with Gasteiger partial charge in [0.05, 0.1) is 6.04 Å². The van der Waals surface area contributed by atoms with Crippen LogP contribution in [0.1, 0.15) is 30.0 Å². The van der Waals surface area contributed by atoms with Crippen LogP contribution in [0.4, 0.5) is 4.39 Å². The Hall–Kier alpha value is -1.91. The Morgan fingerprint density at radius 2 is 1.67 bits per heavy atom. The summed E-state index contributed by atoms with van der Waals surface area (Å²) in [5, 5.41) is 3.68. The van der Waals surface area contributed by atoms with Gasteiger partial charge >= 0.3 is 0 Å². The van der Waals surface area contributed by atoms with Crippen molar-refractivity contribution in [2.75, 3.05) is 20.6 Å². The average molecular weight is 349 g/mol. The van der Waals surface area contributed by atoms with Crippen molar-refractivity contribution in [2.24, 2.45) is 0 Å². The topological polar surface area (TPSA) is 32.3 Å². The Balaban J connectivity index is 2.29. The molecule has 2 rings (SSSR count). The molecule has 24 heavy (non-hydrogen) atoms. The van der Waals surface area contributed by atoms with Crippen LogP contribution in [-0.4, -0.2) is 31.4 Å². The molecule has 2 aromatic rings. The van der Waals surface area contributed by atoms with Crippen LogP contribution in [-0.2, 0) is 4.79 Å². The van der Waals surface area contributed by atoms with Crippen molar-refractivity contribution in [3.8, 4) is 0 Å². The maximum absolute atomic E-state index is 13.3. The molecule has 0 aromatic heterocycles. The summed E-state index contributed by atoms with van der Waals surface area (Å²) in [6.07, 6.45) is 1.24. The number of carbonyl (C=O) groups excluding carboxylic acids is 1. The van der Waals surface area contributed by atoms with E-state index < -0.39 is 0 Å². The van der Waals surface area contributed by atoms with E-state index in [1.165, 1.54) is 12.1 Å². The number of halogens is 2. The first-order chi connectivity index (χ1) is 11.5. The Kier molecular flexibility index (Phi) is 6.76. The number of nitrogens with one attached hydrogen (secondary N) is 1. The van der Waals surface area contributed by atoms with Gasteiger partial charge in [-0.1, -0.05) is 35.9 Å². The lowest BCUT2D eigenvalue weighted by Crippen LogP contribution is -2.32. The van der Waals surface area contributed by atoms with Gasteiger partial charge in [-0.05, 0) is 55.4 Å². The summed E-state index contributed by atoms with van der Waals surface area (Å²) in [5.41, 5.74) is 1.80. The van der Waals surface area contributed by atoms with E-state index in [0.717, 1.165) is 24.1 Å². The molecule has 0 radical (unpaired) electrons. The standard InChI is InChI=1S/C19H22ClFN2O/c1-22-13-3-4-18(24)23(2)19(14-5-9-16(20)10-6-14)15-7-11-17(21)12-8-15/h5-12,19,22H,3-4,13H2,1-2H3. The van der Waals surface area contributed by atoms with Gasteiger partial charge in [0.1, 0.15) is 5.82 Å². The molecular weight excluding hydrogens is 327 g/mol. The van der Waals surface area contributed by atoms with E-state index in [9.17, 15) is 9.18 Å². The third-order valence-electron chi connectivity index (χ3n) is 3.97. The van der Waals surface area contributed by atoms with Gasteiger partial charge in [0.2, 0.25) is 5.91 Å². The highest BCUT2D eigenvalue weighted by atomic mass is 35.5. The monoisotopic (exact) mass is 348 g/mol. The molecule has 0 aliphatic rings. The first-order valence-corrected chi connectivity index (χ1v) is 8.32. The summed E-state index contributed by atoms with van der Waals surface area (Å²) in [7, 11) is 3.65. The first kappa shape index (κ1) is 18.4. The lowest BCUT2D eigenvalue weighted by Gasteiger charge is -2.29. The zero-order valence-corrected chi connectivity index (χ0v) is 14.7. The quantitative estimate of drug-likeness (QED) is 0.766. The molecule has 0 aliphatic heterocycles. The normalized spacial score (nSPS) is 12.0. The number of hydrogen-bond acceptors (Lipinski definition) is 2. The molecular formula is C19H22ClFN2O. The van der Waals surface area contributed by atoms with E-state index in [2.05, 4.69) is 5.32 Å². The summed E-state index contributed by atoms with van der Waals surface area (Å²) in [5.74, 6) is -0.244. The van der Waals surface area contributed by atoms with Crippen LogP contribution >= 0.6 is 11.6 Å². The fourth-order valence-corrected chi connectivity index (χ4v) is 2.79. The van der Waals surface area contributed by atoms with Crippen LogP contribution in [0, 0.1) is 5.82 Å². The fourth-order valence-electron chi connectivity index (χ4n) is 2.67. The Labute approximate surface area is 147 Å². The van der Waals surface area contributed by atoms with Crippen molar-refractivity contribution in [2.45, 2.75) is 18.9 Å². The Morgan fingerprint density at radius 1 is 1.12 bits per heavy atom. The Bertz CT molecular complexity index is 613. The molecule has 0 bridgehead atoms. The SMILES string of the molecule is CNCCCC(=O)N(C)C(c1ccc(F)cc1)c1ccc(Cl)cc1. The van der Waals surface area contributed by atoms with Crippen molar-refractivity contribution < 1.29 is 9.18 Å². The van der Waals surface area contributed by atoms with E-state index in [0.29, 0.717) is 11.4 Å².